The molecular weight excluding hydrogens is 597 g/mol. The quantitative estimate of drug-likeness (QED) is 0.259. The van der Waals surface area contributed by atoms with Crippen LogP contribution in [0.25, 0.3) is 6.08 Å². The summed E-state index contributed by atoms with van der Waals surface area (Å²) in [6, 6.07) is 14.0. The topological polar surface area (TPSA) is 105 Å². The Morgan fingerprint density at radius 3 is 2.37 bits per heavy atom. The summed E-state index contributed by atoms with van der Waals surface area (Å²) in [7, 11) is 0. The number of carbonyl (C=O) groups excluding carboxylic acids is 4. The van der Waals surface area contributed by atoms with Crippen LogP contribution in [-0.2, 0) is 14.4 Å². The van der Waals surface area contributed by atoms with Crippen molar-refractivity contribution in [3.05, 3.63) is 91.4 Å². The van der Waals surface area contributed by atoms with E-state index in [-0.39, 0.29) is 33.7 Å². The molecule has 1 aliphatic rings. The number of carbonyl (C=O) groups is 4. The number of ether oxygens (including phenoxy) is 1. The van der Waals surface area contributed by atoms with Gasteiger partial charge in [-0.25, -0.2) is 9.69 Å². The molecule has 0 aliphatic carbocycles. The molecule has 0 bridgehead atoms. The molecule has 3 aromatic rings. The van der Waals surface area contributed by atoms with Crippen LogP contribution in [0.5, 0.6) is 5.75 Å². The molecule has 11 heteroatoms. The van der Waals surface area contributed by atoms with E-state index in [0.717, 1.165) is 20.5 Å². The van der Waals surface area contributed by atoms with Crippen molar-refractivity contribution in [3.8, 4) is 5.75 Å². The highest BCUT2D eigenvalue weighted by Gasteiger charge is 2.36. The van der Waals surface area contributed by atoms with Crippen molar-refractivity contribution in [1.82, 2.24) is 5.32 Å². The number of benzene rings is 3. The minimum atomic E-state index is -0.863. The first-order valence-corrected chi connectivity index (χ1v) is 12.7. The summed E-state index contributed by atoms with van der Waals surface area (Å²) in [6.07, 6.45) is 1.27. The Kier molecular flexibility index (Phi) is 8.20. The molecule has 0 saturated carbocycles. The van der Waals surface area contributed by atoms with Crippen LogP contribution in [0.4, 0.5) is 16.2 Å². The maximum Gasteiger partial charge on any atom is 0.335 e. The average molecular weight is 617 g/mol. The minimum Gasteiger partial charge on any atom is -0.481 e. The van der Waals surface area contributed by atoms with Crippen LogP contribution in [0.15, 0.2) is 64.6 Å². The second kappa shape index (κ2) is 11.4. The highest BCUT2D eigenvalue weighted by molar-refractivity contribution is 9.10. The van der Waals surface area contributed by atoms with Crippen LogP contribution >= 0.6 is 39.1 Å². The highest BCUT2D eigenvalue weighted by Crippen LogP contribution is 2.35. The van der Waals surface area contributed by atoms with Gasteiger partial charge in [0.15, 0.2) is 12.4 Å². The maximum atomic E-state index is 13.1. The van der Waals surface area contributed by atoms with Crippen LogP contribution in [0.3, 0.4) is 0 Å². The number of nitrogens with one attached hydrogen (secondary N) is 2. The minimum absolute atomic E-state index is 0.0633. The van der Waals surface area contributed by atoms with E-state index in [1.54, 1.807) is 30.3 Å². The number of hydrogen-bond acceptors (Lipinski definition) is 5. The molecule has 0 radical (unpaired) electrons. The number of halogens is 3. The summed E-state index contributed by atoms with van der Waals surface area (Å²) >= 11 is 16.0. The number of rotatable bonds is 6. The fraction of sp³-hybridized carbons (Fsp3) is 0.111. The molecule has 1 saturated heterocycles. The van der Waals surface area contributed by atoms with Gasteiger partial charge in [0.1, 0.15) is 5.57 Å². The van der Waals surface area contributed by atoms with Gasteiger partial charge in [0, 0.05) is 10.2 Å². The van der Waals surface area contributed by atoms with E-state index in [1.165, 1.54) is 18.2 Å². The largest absolute Gasteiger partial charge is 0.481 e. The summed E-state index contributed by atoms with van der Waals surface area (Å²) in [6.45, 7) is 3.50. The lowest BCUT2D eigenvalue weighted by Gasteiger charge is -2.26. The van der Waals surface area contributed by atoms with Crippen molar-refractivity contribution < 1.29 is 23.9 Å². The first kappa shape index (κ1) is 27.4. The van der Waals surface area contributed by atoms with Crippen LogP contribution in [-0.4, -0.2) is 30.4 Å². The Bertz CT molecular complexity index is 1480. The van der Waals surface area contributed by atoms with Crippen LogP contribution < -0.4 is 20.3 Å². The van der Waals surface area contributed by atoms with Crippen LogP contribution in [0.1, 0.15) is 16.7 Å². The average Bonchev–Trinajstić information content (AvgIpc) is 2.85. The van der Waals surface area contributed by atoms with Gasteiger partial charge in [-0.1, -0.05) is 51.3 Å². The highest BCUT2D eigenvalue weighted by atomic mass is 79.9. The third-order valence-corrected chi connectivity index (χ3v) is 6.83. The van der Waals surface area contributed by atoms with E-state index >= 15 is 0 Å². The third-order valence-electron chi connectivity index (χ3n) is 5.74. The van der Waals surface area contributed by atoms with Gasteiger partial charge < -0.3 is 10.1 Å². The van der Waals surface area contributed by atoms with Gasteiger partial charge in [-0.2, -0.15) is 0 Å². The molecule has 8 nitrogen and oxygen atoms in total. The number of hydrogen-bond donors (Lipinski definition) is 2. The van der Waals surface area contributed by atoms with E-state index in [2.05, 4.69) is 26.6 Å². The standard InChI is InChI=1S/C27H20BrCl2N3O5/c1-14-4-3-5-22(15(14)2)31-23(34)13-38-24-20(29)11-16(12-21(24)30)10-19-25(35)32-27(37)33(26(19)36)18-8-6-17(28)7-9-18/h3-12H,13H2,1-2H3,(H,31,34)(H,32,35,37)/b19-10+. The lowest BCUT2D eigenvalue weighted by atomic mass is 10.1. The Morgan fingerprint density at radius 1 is 1.05 bits per heavy atom. The first-order valence-electron chi connectivity index (χ1n) is 11.2. The van der Waals surface area contributed by atoms with Crippen molar-refractivity contribution in [2.45, 2.75) is 13.8 Å². The molecule has 1 heterocycles. The van der Waals surface area contributed by atoms with Crippen molar-refractivity contribution in [2.24, 2.45) is 0 Å². The number of imide groups is 2. The van der Waals surface area contributed by atoms with E-state index in [4.69, 9.17) is 27.9 Å². The fourth-order valence-corrected chi connectivity index (χ4v) is 4.54. The summed E-state index contributed by atoms with van der Waals surface area (Å²) in [5, 5.41) is 5.07. The summed E-state index contributed by atoms with van der Waals surface area (Å²) in [4.78, 5) is 51.2. The Hall–Kier alpha value is -3.66. The molecule has 194 valence electrons. The smallest absolute Gasteiger partial charge is 0.335 e. The number of amides is 5. The fourth-order valence-electron chi connectivity index (χ4n) is 3.66. The van der Waals surface area contributed by atoms with Crippen molar-refractivity contribution in [3.63, 3.8) is 0 Å². The summed E-state index contributed by atoms with van der Waals surface area (Å²) in [5.74, 6) is -2.00. The number of barbiturate groups is 1. The Balaban J connectivity index is 1.52. The van der Waals surface area contributed by atoms with E-state index in [0.29, 0.717) is 11.3 Å². The van der Waals surface area contributed by atoms with E-state index in [9.17, 15) is 19.2 Å². The molecule has 1 fully saturated rings. The zero-order valence-corrected chi connectivity index (χ0v) is 23.2. The van der Waals surface area contributed by atoms with Crippen molar-refractivity contribution in [2.75, 3.05) is 16.8 Å². The van der Waals surface area contributed by atoms with E-state index < -0.39 is 23.8 Å². The number of aryl methyl sites for hydroxylation is 1. The number of anilines is 2. The Morgan fingerprint density at radius 2 is 1.71 bits per heavy atom. The second-order valence-corrected chi connectivity index (χ2v) is 10.1. The molecule has 3 aromatic carbocycles. The van der Waals surface area contributed by atoms with Gasteiger partial charge in [0.2, 0.25) is 0 Å². The number of urea groups is 1. The molecule has 4 rings (SSSR count). The van der Waals surface area contributed by atoms with Crippen LogP contribution in [0, 0.1) is 13.8 Å². The van der Waals surface area contributed by atoms with Gasteiger partial charge in [-0.05, 0) is 79.1 Å². The molecule has 38 heavy (non-hydrogen) atoms. The molecule has 2 N–H and O–H groups in total. The maximum absolute atomic E-state index is 13.1. The predicted molar refractivity (Wildman–Crippen MR) is 150 cm³/mol. The van der Waals surface area contributed by atoms with E-state index in [1.807, 2.05) is 26.0 Å². The zero-order valence-electron chi connectivity index (χ0n) is 20.1. The molecular formula is C27H20BrCl2N3O5. The summed E-state index contributed by atoms with van der Waals surface area (Å²) in [5.41, 5.74) is 2.96. The lowest BCUT2D eigenvalue weighted by Crippen LogP contribution is -2.54. The summed E-state index contributed by atoms with van der Waals surface area (Å²) < 4.78 is 6.31. The molecule has 0 spiro atoms. The van der Waals surface area contributed by atoms with Crippen molar-refractivity contribution in [1.29, 1.82) is 0 Å². The van der Waals surface area contributed by atoms with Crippen molar-refractivity contribution >= 4 is 80.3 Å². The monoisotopic (exact) mass is 615 g/mol. The SMILES string of the molecule is Cc1cccc(NC(=O)COc2c(Cl)cc(/C=C3\C(=O)NC(=O)N(c4ccc(Br)cc4)C3=O)cc2Cl)c1C. The number of nitrogens with zero attached hydrogens (tertiary/aromatic N) is 1. The third kappa shape index (κ3) is 5.91. The normalized spacial score (nSPS) is 14.5. The van der Waals surface area contributed by atoms with Gasteiger partial charge in [-0.3, -0.25) is 19.7 Å². The second-order valence-electron chi connectivity index (χ2n) is 8.33. The molecule has 0 aromatic heterocycles. The van der Waals surface area contributed by atoms with Gasteiger partial charge in [-0.15, -0.1) is 0 Å². The lowest BCUT2D eigenvalue weighted by molar-refractivity contribution is -0.122. The van der Waals surface area contributed by atoms with Gasteiger partial charge >= 0.3 is 6.03 Å². The molecule has 1 aliphatic heterocycles. The van der Waals surface area contributed by atoms with Gasteiger partial charge in [0.25, 0.3) is 17.7 Å². The predicted octanol–water partition coefficient (Wildman–Crippen LogP) is 6.06. The Labute approximate surface area is 236 Å². The molecule has 5 amide bonds. The first-order chi connectivity index (χ1) is 18.0. The molecule has 0 unspecified atom stereocenters. The molecule has 0 atom stereocenters. The zero-order chi connectivity index (χ0) is 27.6. The van der Waals surface area contributed by atoms with Crippen LogP contribution in [0.2, 0.25) is 10.0 Å². The van der Waals surface area contributed by atoms with Gasteiger partial charge in [0.05, 0.1) is 15.7 Å².